The summed E-state index contributed by atoms with van der Waals surface area (Å²) >= 11 is 8.76. The molecule has 2 saturated heterocycles. The van der Waals surface area contributed by atoms with Gasteiger partial charge in [0.2, 0.25) is 0 Å². The maximum atomic E-state index is 2.48. The Kier molecular flexibility index (Phi) is 2.67. The zero-order valence-corrected chi connectivity index (χ0v) is 15.5. The summed E-state index contributed by atoms with van der Waals surface area (Å²) in [6, 6.07) is 9.89. The summed E-state index contributed by atoms with van der Waals surface area (Å²) in [4.78, 5) is 0. The van der Waals surface area contributed by atoms with E-state index in [2.05, 4.69) is 71.3 Å². The highest BCUT2D eigenvalue weighted by molar-refractivity contribution is 8.21. The number of hydrogen-bond donors (Lipinski definition) is 0. The molecule has 4 aliphatic rings. The van der Waals surface area contributed by atoms with Crippen LogP contribution in [0.1, 0.15) is 22.3 Å². The third kappa shape index (κ3) is 1.49. The van der Waals surface area contributed by atoms with Gasteiger partial charge in [-0.05, 0) is 33.0 Å². The highest BCUT2D eigenvalue weighted by Gasteiger charge is 2.48. The maximum Gasteiger partial charge on any atom is 0.0907 e. The third-order valence-electron chi connectivity index (χ3n) is 5.51. The number of benzene rings is 2. The van der Waals surface area contributed by atoms with Crippen molar-refractivity contribution >= 4 is 57.8 Å². The van der Waals surface area contributed by atoms with Crippen molar-refractivity contribution in [1.29, 1.82) is 0 Å². The fourth-order valence-corrected chi connectivity index (χ4v) is 11.3. The van der Waals surface area contributed by atoms with Gasteiger partial charge >= 0.3 is 0 Å². The first-order chi connectivity index (χ1) is 10.8. The second kappa shape index (κ2) is 4.38. The molecule has 22 heavy (non-hydrogen) atoms. The van der Waals surface area contributed by atoms with Crippen LogP contribution in [0, 0.1) is 0 Å². The molecular weight excluding hydrogens is 344 g/mol. The molecule has 0 atom stereocenters. The summed E-state index contributed by atoms with van der Waals surface area (Å²) < 4.78 is 0.677. The molecule has 6 rings (SSSR count). The Bertz CT molecular complexity index is 744. The molecule has 4 heteroatoms. The van der Waals surface area contributed by atoms with E-state index in [9.17, 15) is 0 Å². The van der Waals surface area contributed by atoms with Crippen molar-refractivity contribution in [3.8, 4) is 0 Å². The standard InChI is InChI=1S/C18H16S4/c1-3-13-16-12(10-18(13)21-7-8-22-18)2-4-14-15(16)11(1)9-17(14)19-5-6-20-17/h1-4H,5-10H2. The van der Waals surface area contributed by atoms with Crippen LogP contribution < -0.4 is 0 Å². The van der Waals surface area contributed by atoms with Gasteiger partial charge in [-0.2, -0.15) is 0 Å². The monoisotopic (exact) mass is 360 g/mol. The second-order valence-corrected chi connectivity index (χ2v) is 12.6. The van der Waals surface area contributed by atoms with Crippen LogP contribution in [0.3, 0.4) is 0 Å². The molecule has 0 amide bonds. The maximum absolute atomic E-state index is 2.48. The summed E-state index contributed by atoms with van der Waals surface area (Å²) in [7, 11) is 0. The van der Waals surface area contributed by atoms with E-state index < -0.39 is 0 Å². The van der Waals surface area contributed by atoms with Crippen molar-refractivity contribution in [3.63, 3.8) is 0 Å². The Labute approximate surface area is 148 Å². The Morgan fingerprint density at radius 2 is 1.00 bits per heavy atom. The highest BCUT2D eigenvalue weighted by Crippen LogP contribution is 2.64. The topological polar surface area (TPSA) is 0 Å². The van der Waals surface area contributed by atoms with E-state index in [4.69, 9.17) is 0 Å². The van der Waals surface area contributed by atoms with Gasteiger partial charge in [0, 0.05) is 35.9 Å². The molecule has 0 radical (unpaired) electrons. The number of fused-ring (bicyclic) bond motifs is 2. The van der Waals surface area contributed by atoms with Crippen molar-refractivity contribution in [2.24, 2.45) is 0 Å². The highest BCUT2D eigenvalue weighted by atomic mass is 32.2. The van der Waals surface area contributed by atoms with Crippen molar-refractivity contribution in [2.75, 3.05) is 23.0 Å². The van der Waals surface area contributed by atoms with Crippen LogP contribution >= 0.6 is 47.0 Å². The minimum absolute atomic E-state index is 0.338. The molecule has 112 valence electrons. The quantitative estimate of drug-likeness (QED) is 0.631. The molecule has 2 aliphatic carbocycles. The lowest BCUT2D eigenvalue weighted by Gasteiger charge is -2.23. The molecule has 0 aromatic heterocycles. The van der Waals surface area contributed by atoms with Gasteiger partial charge in [0.15, 0.2) is 0 Å². The zero-order valence-electron chi connectivity index (χ0n) is 12.2. The van der Waals surface area contributed by atoms with Crippen molar-refractivity contribution in [3.05, 3.63) is 46.5 Å². The van der Waals surface area contributed by atoms with Crippen LogP contribution in [0.4, 0.5) is 0 Å². The first-order valence-electron chi connectivity index (χ1n) is 7.96. The lowest BCUT2D eigenvalue weighted by atomic mass is 10.0. The molecule has 0 saturated carbocycles. The Hall–Kier alpha value is 0.100. The average molecular weight is 361 g/mol. The van der Waals surface area contributed by atoms with Gasteiger partial charge in [0.1, 0.15) is 0 Å². The number of rotatable bonds is 0. The average Bonchev–Trinajstić information content (AvgIpc) is 3.28. The molecule has 0 bridgehead atoms. The van der Waals surface area contributed by atoms with Gasteiger partial charge < -0.3 is 0 Å². The van der Waals surface area contributed by atoms with E-state index in [1.165, 1.54) is 35.9 Å². The summed E-state index contributed by atoms with van der Waals surface area (Å²) in [6.45, 7) is 0. The zero-order chi connectivity index (χ0) is 14.4. The lowest BCUT2D eigenvalue weighted by Crippen LogP contribution is -2.13. The van der Waals surface area contributed by atoms with Crippen LogP contribution in [-0.2, 0) is 21.0 Å². The Morgan fingerprint density at radius 1 is 0.591 bits per heavy atom. The van der Waals surface area contributed by atoms with Crippen molar-refractivity contribution < 1.29 is 0 Å². The normalized spacial score (nSPS) is 26.0. The Morgan fingerprint density at radius 3 is 1.41 bits per heavy atom. The predicted octanol–water partition coefficient (Wildman–Crippen LogP) is 5.22. The lowest BCUT2D eigenvalue weighted by molar-refractivity contribution is 0.911. The van der Waals surface area contributed by atoms with E-state index in [-0.39, 0.29) is 0 Å². The molecule has 2 aliphatic heterocycles. The van der Waals surface area contributed by atoms with Gasteiger partial charge in [0.05, 0.1) is 8.16 Å². The molecule has 2 spiro atoms. The fraction of sp³-hybridized carbons (Fsp3) is 0.444. The van der Waals surface area contributed by atoms with E-state index in [1.54, 1.807) is 33.0 Å². The van der Waals surface area contributed by atoms with Crippen LogP contribution in [0.25, 0.3) is 10.8 Å². The van der Waals surface area contributed by atoms with E-state index in [0.717, 1.165) is 0 Å². The van der Waals surface area contributed by atoms with Crippen LogP contribution in [0.5, 0.6) is 0 Å². The molecule has 2 fully saturated rings. The van der Waals surface area contributed by atoms with Crippen molar-refractivity contribution in [1.82, 2.24) is 0 Å². The summed E-state index contributed by atoms with van der Waals surface area (Å²) in [6.07, 6.45) is 2.48. The Balaban J connectivity index is 1.68. The van der Waals surface area contributed by atoms with E-state index in [1.807, 2.05) is 0 Å². The van der Waals surface area contributed by atoms with Crippen LogP contribution in [-0.4, -0.2) is 23.0 Å². The minimum Gasteiger partial charge on any atom is -0.138 e. The van der Waals surface area contributed by atoms with Gasteiger partial charge in [-0.3, -0.25) is 0 Å². The largest absolute Gasteiger partial charge is 0.138 e. The third-order valence-corrected chi connectivity index (χ3v) is 12.4. The molecule has 0 N–H and O–H groups in total. The molecule has 0 unspecified atom stereocenters. The predicted molar refractivity (Wildman–Crippen MR) is 105 cm³/mol. The number of thioether (sulfide) groups is 4. The summed E-state index contributed by atoms with van der Waals surface area (Å²) in [5.41, 5.74) is 6.51. The summed E-state index contributed by atoms with van der Waals surface area (Å²) in [5.74, 6) is 5.24. The molecular formula is C18H16S4. The number of hydrogen-bond acceptors (Lipinski definition) is 4. The SMILES string of the molecule is c1cc2c3c(ccc4c3c1CC41SCCS1)CC21SCCS1. The van der Waals surface area contributed by atoms with Gasteiger partial charge in [-0.15, -0.1) is 47.0 Å². The first-order valence-corrected chi connectivity index (χ1v) is 11.9. The van der Waals surface area contributed by atoms with Gasteiger partial charge in [-0.25, -0.2) is 0 Å². The molecule has 2 aromatic carbocycles. The minimum atomic E-state index is 0.338. The smallest absolute Gasteiger partial charge is 0.0907 e. The van der Waals surface area contributed by atoms with Gasteiger partial charge in [-0.1, -0.05) is 24.3 Å². The molecule has 2 aromatic rings. The van der Waals surface area contributed by atoms with Crippen LogP contribution in [0.15, 0.2) is 24.3 Å². The second-order valence-electron chi connectivity index (χ2n) is 6.55. The van der Waals surface area contributed by atoms with Crippen LogP contribution in [0.2, 0.25) is 0 Å². The van der Waals surface area contributed by atoms with E-state index in [0.29, 0.717) is 8.16 Å². The van der Waals surface area contributed by atoms with Crippen molar-refractivity contribution in [2.45, 2.75) is 21.0 Å². The summed E-state index contributed by atoms with van der Waals surface area (Å²) in [5, 5.41) is 3.28. The van der Waals surface area contributed by atoms with Gasteiger partial charge in [0.25, 0.3) is 0 Å². The van der Waals surface area contributed by atoms with E-state index >= 15 is 0 Å². The molecule has 0 nitrogen and oxygen atoms in total. The fourth-order valence-electron chi connectivity index (χ4n) is 4.68. The molecule has 2 heterocycles. The first kappa shape index (κ1) is 13.4.